The standard InChI is InChI=1S/C19H26N2O/c1-11-8-13(3)15-10-18(20-17(15)9-11)19(22)21-16-7-5-6-12(2)14(16)4/h8-10,12,14,16,20H,5-7H2,1-4H3,(H,21,22). The Morgan fingerprint density at radius 3 is 2.73 bits per heavy atom. The van der Waals surface area contributed by atoms with Gasteiger partial charge in [0.1, 0.15) is 5.69 Å². The Labute approximate surface area is 132 Å². The lowest BCUT2D eigenvalue weighted by Crippen LogP contribution is -2.43. The third-order valence-electron chi connectivity index (χ3n) is 5.36. The Morgan fingerprint density at radius 1 is 1.18 bits per heavy atom. The molecule has 1 heterocycles. The summed E-state index contributed by atoms with van der Waals surface area (Å²) >= 11 is 0. The van der Waals surface area contributed by atoms with Crippen molar-refractivity contribution >= 4 is 16.8 Å². The van der Waals surface area contributed by atoms with Crippen molar-refractivity contribution < 1.29 is 4.79 Å². The molecule has 0 radical (unpaired) electrons. The van der Waals surface area contributed by atoms with Crippen molar-refractivity contribution in [2.45, 2.75) is 53.0 Å². The fourth-order valence-corrected chi connectivity index (χ4v) is 3.75. The highest BCUT2D eigenvalue weighted by atomic mass is 16.1. The number of hydrogen-bond donors (Lipinski definition) is 2. The van der Waals surface area contributed by atoms with E-state index in [0.29, 0.717) is 23.6 Å². The topological polar surface area (TPSA) is 44.9 Å². The Hall–Kier alpha value is -1.77. The van der Waals surface area contributed by atoms with Gasteiger partial charge in [0.25, 0.3) is 5.91 Å². The van der Waals surface area contributed by atoms with E-state index in [9.17, 15) is 4.79 Å². The average molecular weight is 298 g/mol. The van der Waals surface area contributed by atoms with Crippen LogP contribution in [0.1, 0.15) is 54.7 Å². The molecule has 3 rings (SSSR count). The molecule has 3 unspecified atom stereocenters. The maximum absolute atomic E-state index is 12.6. The van der Waals surface area contributed by atoms with Crippen LogP contribution in [0.15, 0.2) is 18.2 Å². The molecule has 0 saturated heterocycles. The van der Waals surface area contributed by atoms with Crippen LogP contribution in [0.3, 0.4) is 0 Å². The van der Waals surface area contributed by atoms with Crippen LogP contribution in [0.2, 0.25) is 0 Å². The van der Waals surface area contributed by atoms with Gasteiger partial charge in [-0.15, -0.1) is 0 Å². The fraction of sp³-hybridized carbons (Fsp3) is 0.526. The van der Waals surface area contributed by atoms with Crippen LogP contribution in [-0.4, -0.2) is 16.9 Å². The number of aromatic nitrogens is 1. The van der Waals surface area contributed by atoms with E-state index in [2.05, 4.69) is 50.1 Å². The van der Waals surface area contributed by atoms with Crippen LogP contribution >= 0.6 is 0 Å². The third kappa shape index (κ3) is 2.77. The third-order valence-corrected chi connectivity index (χ3v) is 5.36. The molecule has 0 aliphatic heterocycles. The summed E-state index contributed by atoms with van der Waals surface area (Å²) in [6.45, 7) is 8.72. The molecule has 1 fully saturated rings. The van der Waals surface area contributed by atoms with Crippen LogP contribution in [0.25, 0.3) is 10.9 Å². The first-order valence-electron chi connectivity index (χ1n) is 8.36. The number of nitrogens with one attached hydrogen (secondary N) is 2. The lowest BCUT2D eigenvalue weighted by Gasteiger charge is -2.34. The minimum Gasteiger partial charge on any atom is -0.351 e. The average Bonchev–Trinajstić information content (AvgIpc) is 2.88. The van der Waals surface area contributed by atoms with E-state index in [-0.39, 0.29) is 5.91 Å². The van der Waals surface area contributed by atoms with Gasteiger partial charge in [-0.2, -0.15) is 0 Å². The normalized spacial score (nSPS) is 25.4. The van der Waals surface area contributed by atoms with E-state index in [4.69, 9.17) is 0 Å². The number of amides is 1. The zero-order chi connectivity index (χ0) is 15.9. The summed E-state index contributed by atoms with van der Waals surface area (Å²) in [5.74, 6) is 1.26. The predicted octanol–water partition coefficient (Wildman–Crippen LogP) is 4.34. The van der Waals surface area contributed by atoms with Gasteiger partial charge in [0.15, 0.2) is 0 Å². The first-order valence-corrected chi connectivity index (χ1v) is 8.36. The summed E-state index contributed by atoms with van der Waals surface area (Å²) in [5, 5.41) is 4.38. The minimum absolute atomic E-state index is 0.0270. The molecule has 22 heavy (non-hydrogen) atoms. The molecular weight excluding hydrogens is 272 g/mol. The molecule has 3 nitrogen and oxygen atoms in total. The molecule has 0 spiro atoms. The number of rotatable bonds is 2. The van der Waals surface area contributed by atoms with Crippen molar-refractivity contribution in [2.24, 2.45) is 11.8 Å². The first-order chi connectivity index (χ1) is 10.5. The van der Waals surface area contributed by atoms with E-state index < -0.39 is 0 Å². The SMILES string of the molecule is Cc1cc(C)c2cc(C(=O)NC3CCCC(C)C3C)[nH]c2c1. The van der Waals surface area contributed by atoms with E-state index in [1.807, 2.05) is 6.07 Å². The molecule has 3 atom stereocenters. The van der Waals surface area contributed by atoms with Crippen molar-refractivity contribution in [1.82, 2.24) is 10.3 Å². The Bertz CT molecular complexity index is 701. The second-order valence-electron chi connectivity index (χ2n) is 7.07. The summed E-state index contributed by atoms with van der Waals surface area (Å²) in [7, 11) is 0. The molecule has 118 valence electrons. The van der Waals surface area contributed by atoms with Gasteiger partial charge in [0, 0.05) is 16.9 Å². The van der Waals surface area contributed by atoms with E-state index in [0.717, 1.165) is 17.3 Å². The van der Waals surface area contributed by atoms with Gasteiger partial charge in [-0.3, -0.25) is 4.79 Å². The number of hydrogen-bond acceptors (Lipinski definition) is 1. The van der Waals surface area contributed by atoms with E-state index in [1.165, 1.54) is 24.0 Å². The lowest BCUT2D eigenvalue weighted by molar-refractivity contribution is 0.0887. The number of carbonyl (C=O) groups excluding carboxylic acids is 1. The van der Waals surface area contributed by atoms with Crippen molar-refractivity contribution in [2.75, 3.05) is 0 Å². The fourth-order valence-electron chi connectivity index (χ4n) is 3.75. The van der Waals surface area contributed by atoms with Gasteiger partial charge in [0.2, 0.25) is 0 Å². The molecule has 3 heteroatoms. The van der Waals surface area contributed by atoms with Crippen LogP contribution < -0.4 is 5.32 Å². The number of aryl methyl sites for hydroxylation is 2. The molecule has 1 aromatic heterocycles. The number of H-pyrrole nitrogens is 1. The minimum atomic E-state index is 0.0270. The van der Waals surface area contributed by atoms with Crippen molar-refractivity contribution in [3.8, 4) is 0 Å². The Morgan fingerprint density at radius 2 is 1.95 bits per heavy atom. The number of carbonyl (C=O) groups is 1. The molecule has 1 aromatic carbocycles. The summed E-state index contributed by atoms with van der Waals surface area (Å²) in [5.41, 5.74) is 4.15. The van der Waals surface area contributed by atoms with Crippen LogP contribution in [0.5, 0.6) is 0 Å². The number of fused-ring (bicyclic) bond motifs is 1. The maximum atomic E-state index is 12.6. The first kappa shape index (κ1) is 15.1. The van der Waals surface area contributed by atoms with Crippen LogP contribution in [0, 0.1) is 25.7 Å². The van der Waals surface area contributed by atoms with Crippen LogP contribution in [0.4, 0.5) is 0 Å². The highest BCUT2D eigenvalue weighted by molar-refractivity contribution is 5.99. The lowest BCUT2D eigenvalue weighted by atomic mass is 9.78. The Balaban J connectivity index is 1.82. The maximum Gasteiger partial charge on any atom is 0.267 e. The molecule has 1 saturated carbocycles. The van der Waals surface area contributed by atoms with Crippen molar-refractivity contribution in [1.29, 1.82) is 0 Å². The predicted molar refractivity (Wildman–Crippen MR) is 91.2 cm³/mol. The largest absolute Gasteiger partial charge is 0.351 e. The summed E-state index contributed by atoms with van der Waals surface area (Å²) in [4.78, 5) is 15.9. The second-order valence-corrected chi connectivity index (χ2v) is 7.07. The number of aromatic amines is 1. The van der Waals surface area contributed by atoms with E-state index >= 15 is 0 Å². The molecule has 0 bridgehead atoms. The van der Waals surface area contributed by atoms with Gasteiger partial charge in [-0.1, -0.05) is 32.8 Å². The summed E-state index contributed by atoms with van der Waals surface area (Å²) < 4.78 is 0. The summed E-state index contributed by atoms with van der Waals surface area (Å²) in [6, 6.07) is 6.54. The van der Waals surface area contributed by atoms with Gasteiger partial charge in [-0.25, -0.2) is 0 Å². The van der Waals surface area contributed by atoms with E-state index in [1.54, 1.807) is 0 Å². The molecular formula is C19H26N2O. The van der Waals surface area contributed by atoms with Gasteiger partial charge in [-0.05, 0) is 55.4 Å². The van der Waals surface area contributed by atoms with Crippen molar-refractivity contribution in [3.05, 3.63) is 35.0 Å². The van der Waals surface area contributed by atoms with Crippen LogP contribution in [-0.2, 0) is 0 Å². The molecule has 2 N–H and O–H groups in total. The second kappa shape index (κ2) is 5.79. The zero-order valence-corrected chi connectivity index (χ0v) is 14.0. The van der Waals surface area contributed by atoms with Gasteiger partial charge >= 0.3 is 0 Å². The smallest absolute Gasteiger partial charge is 0.267 e. The summed E-state index contributed by atoms with van der Waals surface area (Å²) in [6.07, 6.45) is 3.58. The van der Waals surface area contributed by atoms with Gasteiger partial charge in [0.05, 0.1) is 0 Å². The Kier molecular flexibility index (Phi) is 3.98. The number of benzene rings is 1. The molecule has 1 aliphatic rings. The van der Waals surface area contributed by atoms with Crippen molar-refractivity contribution in [3.63, 3.8) is 0 Å². The molecule has 1 aliphatic carbocycles. The molecule has 1 amide bonds. The van der Waals surface area contributed by atoms with Gasteiger partial charge < -0.3 is 10.3 Å². The molecule has 2 aromatic rings. The monoisotopic (exact) mass is 298 g/mol. The highest BCUT2D eigenvalue weighted by Gasteiger charge is 2.28. The quantitative estimate of drug-likeness (QED) is 0.851. The zero-order valence-electron chi connectivity index (χ0n) is 14.0. The highest BCUT2D eigenvalue weighted by Crippen LogP contribution is 2.30.